The summed E-state index contributed by atoms with van der Waals surface area (Å²) >= 11 is 1.84. The summed E-state index contributed by atoms with van der Waals surface area (Å²) in [5.74, 6) is 1.89. The van der Waals surface area contributed by atoms with Crippen LogP contribution in [0, 0.1) is 5.41 Å². The smallest absolute Gasteiger partial charge is 0.116 e. The first-order chi connectivity index (χ1) is 7.84. The van der Waals surface area contributed by atoms with Gasteiger partial charge >= 0.3 is 0 Å². The highest BCUT2D eigenvalue weighted by atomic mass is 32.2. The van der Waals surface area contributed by atoms with Crippen molar-refractivity contribution < 1.29 is 5.11 Å². The molecule has 1 aliphatic heterocycles. The molecule has 96 valence electrons. The molecule has 1 aromatic rings. The van der Waals surface area contributed by atoms with Crippen molar-refractivity contribution in [3.8, 4) is 0 Å². The van der Waals surface area contributed by atoms with Crippen LogP contribution in [0.4, 0.5) is 0 Å². The molecular formula is C13H22N2OS. The fourth-order valence-corrected chi connectivity index (χ4v) is 3.99. The normalized spacial score (nSPS) is 28.6. The average Bonchev–Trinajstić information content (AvgIpc) is 2.63. The molecule has 0 saturated carbocycles. The number of hydrogen-bond donors (Lipinski definition) is 1. The zero-order valence-corrected chi connectivity index (χ0v) is 11.9. The summed E-state index contributed by atoms with van der Waals surface area (Å²) in [7, 11) is 0. The van der Waals surface area contributed by atoms with Gasteiger partial charge in [-0.05, 0) is 37.5 Å². The van der Waals surface area contributed by atoms with E-state index in [1.54, 1.807) is 6.20 Å². The van der Waals surface area contributed by atoms with Gasteiger partial charge in [-0.25, -0.2) is 0 Å². The molecule has 1 N–H and O–H groups in total. The second-order valence-electron chi connectivity index (χ2n) is 6.12. The Hall–Kier alpha value is -0.480. The van der Waals surface area contributed by atoms with Crippen molar-refractivity contribution in [2.75, 3.05) is 11.5 Å². The number of aliphatic hydroxyl groups is 1. The molecule has 0 amide bonds. The van der Waals surface area contributed by atoms with Crippen LogP contribution >= 0.6 is 11.8 Å². The topological polar surface area (TPSA) is 38.0 Å². The van der Waals surface area contributed by atoms with Gasteiger partial charge in [0.2, 0.25) is 0 Å². The SMILES string of the molecule is CC(C)n1nccc1C1(O)CSCC(C)(C)C1. The summed E-state index contributed by atoms with van der Waals surface area (Å²) in [6.07, 6.45) is 2.60. The Kier molecular flexibility index (Phi) is 3.29. The van der Waals surface area contributed by atoms with Gasteiger partial charge in [0.05, 0.1) is 5.69 Å². The van der Waals surface area contributed by atoms with Crippen molar-refractivity contribution in [2.24, 2.45) is 5.41 Å². The zero-order chi connectivity index (χ0) is 12.7. The first-order valence-electron chi connectivity index (χ1n) is 6.18. The summed E-state index contributed by atoms with van der Waals surface area (Å²) in [4.78, 5) is 0. The lowest BCUT2D eigenvalue weighted by atomic mass is 9.80. The van der Waals surface area contributed by atoms with Crippen molar-refractivity contribution in [1.82, 2.24) is 9.78 Å². The van der Waals surface area contributed by atoms with Crippen molar-refractivity contribution in [1.29, 1.82) is 0 Å². The molecule has 0 aliphatic carbocycles. The Bertz CT molecular complexity index is 400. The Labute approximate surface area is 108 Å². The number of nitrogens with zero attached hydrogens (tertiary/aromatic N) is 2. The Balaban J connectivity index is 2.34. The van der Waals surface area contributed by atoms with Gasteiger partial charge in [-0.2, -0.15) is 16.9 Å². The van der Waals surface area contributed by atoms with Crippen LogP contribution in [-0.2, 0) is 5.60 Å². The van der Waals surface area contributed by atoms with Crippen LogP contribution in [0.1, 0.15) is 45.9 Å². The van der Waals surface area contributed by atoms with E-state index in [9.17, 15) is 5.11 Å². The predicted octanol–water partition coefficient (Wildman–Crippen LogP) is 2.81. The standard InChI is InChI=1S/C13H22N2OS/c1-10(2)15-11(5-6-14-15)13(16)7-12(3,4)8-17-9-13/h5-6,10,16H,7-9H2,1-4H3. The lowest BCUT2D eigenvalue weighted by molar-refractivity contribution is 0.00666. The molecule has 0 aromatic carbocycles. The van der Waals surface area contributed by atoms with E-state index in [1.807, 2.05) is 22.5 Å². The third-order valence-electron chi connectivity index (χ3n) is 3.24. The molecule has 0 bridgehead atoms. The third-order valence-corrected chi connectivity index (χ3v) is 4.91. The van der Waals surface area contributed by atoms with Crippen LogP contribution in [0.5, 0.6) is 0 Å². The monoisotopic (exact) mass is 254 g/mol. The largest absolute Gasteiger partial charge is 0.383 e. The quantitative estimate of drug-likeness (QED) is 0.882. The zero-order valence-electron chi connectivity index (χ0n) is 11.1. The van der Waals surface area contributed by atoms with Crippen LogP contribution in [0.2, 0.25) is 0 Å². The first-order valence-corrected chi connectivity index (χ1v) is 7.34. The lowest BCUT2D eigenvalue weighted by Crippen LogP contribution is -2.41. The van der Waals surface area contributed by atoms with Crippen LogP contribution in [0.3, 0.4) is 0 Å². The highest BCUT2D eigenvalue weighted by molar-refractivity contribution is 7.99. The van der Waals surface area contributed by atoms with Crippen LogP contribution in [0.15, 0.2) is 12.3 Å². The van der Waals surface area contributed by atoms with Crippen molar-refractivity contribution >= 4 is 11.8 Å². The predicted molar refractivity (Wildman–Crippen MR) is 72.2 cm³/mol. The van der Waals surface area contributed by atoms with E-state index in [1.165, 1.54) is 0 Å². The molecule has 17 heavy (non-hydrogen) atoms. The summed E-state index contributed by atoms with van der Waals surface area (Å²) in [5, 5.41) is 15.2. The molecule has 1 atom stereocenters. The minimum atomic E-state index is -0.729. The number of rotatable bonds is 2. The first kappa shape index (κ1) is 13.0. The highest BCUT2D eigenvalue weighted by Crippen LogP contribution is 2.44. The lowest BCUT2D eigenvalue weighted by Gasteiger charge is -2.41. The number of thioether (sulfide) groups is 1. The Morgan fingerprint density at radius 1 is 1.41 bits per heavy atom. The maximum atomic E-state index is 10.9. The van der Waals surface area contributed by atoms with E-state index in [0.29, 0.717) is 6.04 Å². The van der Waals surface area contributed by atoms with E-state index in [4.69, 9.17) is 0 Å². The molecule has 3 nitrogen and oxygen atoms in total. The molecular weight excluding hydrogens is 232 g/mol. The number of hydrogen-bond acceptors (Lipinski definition) is 3. The van der Waals surface area contributed by atoms with Crippen molar-refractivity contribution in [3.63, 3.8) is 0 Å². The molecule has 4 heteroatoms. The molecule has 1 aromatic heterocycles. The average molecular weight is 254 g/mol. The maximum absolute atomic E-state index is 10.9. The molecule has 1 aliphatic rings. The molecule has 1 fully saturated rings. The van der Waals surface area contributed by atoms with E-state index < -0.39 is 5.60 Å². The van der Waals surface area contributed by atoms with E-state index in [-0.39, 0.29) is 5.41 Å². The van der Waals surface area contributed by atoms with Gasteiger partial charge in [0.25, 0.3) is 0 Å². The Morgan fingerprint density at radius 3 is 2.71 bits per heavy atom. The minimum absolute atomic E-state index is 0.184. The number of aromatic nitrogens is 2. The van der Waals surface area contributed by atoms with Gasteiger partial charge in [-0.3, -0.25) is 4.68 Å². The van der Waals surface area contributed by atoms with E-state index >= 15 is 0 Å². The second-order valence-corrected chi connectivity index (χ2v) is 7.11. The molecule has 2 rings (SSSR count). The summed E-state index contributed by atoms with van der Waals surface area (Å²) in [6, 6.07) is 2.25. The summed E-state index contributed by atoms with van der Waals surface area (Å²) < 4.78 is 1.95. The van der Waals surface area contributed by atoms with Crippen molar-refractivity contribution in [3.05, 3.63) is 18.0 Å². The fourth-order valence-electron chi connectivity index (χ4n) is 2.65. The molecule has 0 radical (unpaired) electrons. The second kappa shape index (κ2) is 4.32. The molecule has 1 saturated heterocycles. The molecule has 0 spiro atoms. The van der Waals surface area contributed by atoms with Gasteiger partial charge in [0.15, 0.2) is 0 Å². The molecule has 2 heterocycles. The van der Waals surface area contributed by atoms with Crippen LogP contribution in [0.25, 0.3) is 0 Å². The van der Waals surface area contributed by atoms with E-state index in [0.717, 1.165) is 23.6 Å². The van der Waals surface area contributed by atoms with Gasteiger partial charge in [0, 0.05) is 18.0 Å². The van der Waals surface area contributed by atoms with Gasteiger partial charge in [0.1, 0.15) is 5.60 Å². The van der Waals surface area contributed by atoms with Gasteiger partial charge in [-0.15, -0.1) is 0 Å². The van der Waals surface area contributed by atoms with Gasteiger partial charge < -0.3 is 5.11 Å². The summed E-state index contributed by atoms with van der Waals surface area (Å²) in [6.45, 7) is 8.64. The van der Waals surface area contributed by atoms with E-state index in [2.05, 4.69) is 32.8 Å². The fraction of sp³-hybridized carbons (Fsp3) is 0.769. The maximum Gasteiger partial charge on any atom is 0.116 e. The Morgan fingerprint density at radius 2 is 2.12 bits per heavy atom. The van der Waals surface area contributed by atoms with Crippen LogP contribution in [-0.4, -0.2) is 26.4 Å². The highest BCUT2D eigenvalue weighted by Gasteiger charge is 2.42. The third kappa shape index (κ3) is 2.52. The minimum Gasteiger partial charge on any atom is -0.383 e. The molecule has 1 unspecified atom stereocenters. The van der Waals surface area contributed by atoms with Crippen LogP contribution < -0.4 is 0 Å². The summed E-state index contributed by atoms with van der Waals surface area (Å²) in [5.41, 5.74) is 0.421. The van der Waals surface area contributed by atoms with Crippen molar-refractivity contribution in [2.45, 2.75) is 45.8 Å². The van der Waals surface area contributed by atoms with Gasteiger partial charge in [-0.1, -0.05) is 13.8 Å².